The molecular weight excluding hydrogens is 308 g/mol. The van der Waals surface area contributed by atoms with Crippen molar-refractivity contribution in [2.75, 3.05) is 44.7 Å². The van der Waals surface area contributed by atoms with Crippen molar-refractivity contribution in [1.82, 2.24) is 14.2 Å². The monoisotopic (exact) mass is 326 g/mol. The van der Waals surface area contributed by atoms with Crippen LogP contribution >= 0.6 is 0 Å². The highest BCUT2D eigenvalue weighted by Crippen LogP contribution is 2.21. The Labute approximate surface area is 129 Å². The van der Waals surface area contributed by atoms with Crippen molar-refractivity contribution in [3.63, 3.8) is 0 Å². The standard InChI is InChI=1S/C13H18N4O4S/c18-13(15-11-1-3-14-4-2-11)16-9-12(10-16)22(19,20)17-5-7-21-8-6-17/h1-4,12H,5-10H2,(H,14,15,18). The van der Waals surface area contributed by atoms with Crippen LogP contribution < -0.4 is 5.32 Å². The van der Waals surface area contributed by atoms with Crippen LogP contribution in [0.3, 0.4) is 0 Å². The van der Waals surface area contributed by atoms with Gasteiger partial charge in [-0.2, -0.15) is 4.31 Å². The molecule has 0 atom stereocenters. The van der Waals surface area contributed by atoms with Crippen LogP contribution in [0.15, 0.2) is 24.5 Å². The van der Waals surface area contributed by atoms with Crippen molar-refractivity contribution in [3.8, 4) is 0 Å². The number of pyridine rings is 1. The van der Waals surface area contributed by atoms with Crippen molar-refractivity contribution < 1.29 is 17.9 Å². The van der Waals surface area contributed by atoms with Crippen LogP contribution in [0.1, 0.15) is 0 Å². The number of anilines is 1. The van der Waals surface area contributed by atoms with E-state index in [1.807, 2.05) is 0 Å². The molecule has 0 unspecified atom stereocenters. The summed E-state index contributed by atoms with van der Waals surface area (Å²) in [6.07, 6.45) is 3.16. The zero-order valence-electron chi connectivity index (χ0n) is 12.0. The number of carbonyl (C=O) groups excluding carboxylic acids is 1. The Morgan fingerprint density at radius 1 is 1.23 bits per heavy atom. The molecule has 1 aromatic heterocycles. The Morgan fingerprint density at radius 2 is 1.86 bits per heavy atom. The third kappa shape index (κ3) is 3.06. The average Bonchev–Trinajstić information content (AvgIpc) is 2.47. The Bertz CT molecular complexity index is 625. The molecule has 3 heterocycles. The van der Waals surface area contributed by atoms with Crippen molar-refractivity contribution >= 4 is 21.7 Å². The molecule has 0 aliphatic carbocycles. The van der Waals surface area contributed by atoms with E-state index in [1.54, 1.807) is 24.5 Å². The number of carbonyl (C=O) groups is 1. The summed E-state index contributed by atoms with van der Waals surface area (Å²) < 4.78 is 31.4. The number of nitrogens with zero attached hydrogens (tertiary/aromatic N) is 3. The van der Waals surface area contributed by atoms with Gasteiger partial charge in [0, 0.05) is 44.3 Å². The van der Waals surface area contributed by atoms with Gasteiger partial charge in [0.2, 0.25) is 10.0 Å². The van der Waals surface area contributed by atoms with E-state index in [0.29, 0.717) is 32.0 Å². The Kier molecular flexibility index (Phi) is 4.27. The van der Waals surface area contributed by atoms with E-state index in [9.17, 15) is 13.2 Å². The van der Waals surface area contributed by atoms with Gasteiger partial charge in [-0.15, -0.1) is 0 Å². The van der Waals surface area contributed by atoms with Crippen LogP contribution in [0.4, 0.5) is 10.5 Å². The number of rotatable bonds is 3. The first-order chi connectivity index (χ1) is 10.6. The number of sulfonamides is 1. The van der Waals surface area contributed by atoms with Gasteiger partial charge in [-0.25, -0.2) is 13.2 Å². The minimum absolute atomic E-state index is 0.219. The molecule has 8 nitrogen and oxygen atoms in total. The number of morpholine rings is 1. The summed E-state index contributed by atoms with van der Waals surface area (Å²) in [7, 11) is -3.34. The number of urea groups is 1. The van der Waals surface area contributed by atoms with Gasteiger partial charge in [0.1, 0.15) is 5.25 Å². The summed E-state index contributed by atoms with van der Waals surface area (Å²) >= 11 is 0. The minimum Gasteiger partial charge on any atom is -0.379 e. The predicted octanol–water partition coefficient (Wildman–Crippen LogP) is -0.0403. The molecule has 0 aromatic carbocycles. The summed E-state index contributed by atoms with van der Waals surface area (Å²) in [5.74, 6) is 0. The lowest BCUT2D eigenvalue weighted by atomic mass is 10.2. The topological polar surface area (TPSA) is 91.8 Å². The Morgan fingerprint density at radius 3 is 2.50 bits per heavy atom. The molecule has 120 valence electrons. The molecule has 1 aromatic rings. The molecule has 2 aliphatic rings. The third-order valence-corrected chi connectivity index (χ3v) is 6.04. The quantitative estimate of drug-likeness (QED) is 0.841. The molecule has 0 saturated carbocycles. The summed E-state index contributed by atoms with van der Waals surface area (Å²) in [5.41, 5.74) is 0.638. The average molecular weight is 326 g/mol. The van der Waals surface area contributed by atoms with Crippen molar-refractivity contribution in [3.05, 3.63) is 24.5 Å². The normalized spacial score (nSPS) is 20.5. The fraction of sp³-hybridized carbons (Fsp3) is 0.538. The maximum atomic E-state index is 12.4. The lowest BCUT2D eigenvalue weighted by Gasteiger charge is -2.41. The first-order valence-corrected chi connectivity index (χ1v) is 8.60. The Hall–Kier alpha value is -1.71. The summed E-state index contributed by atoms with van der Waals surface area (Å²) in [6.45, 7) is 2.08. The molecule has 22 heavy (non-hydrogen) atoms. The third-order valence-electron chi connectivity index (χ3n) is 3.82. The first-order valence-electron chi connectivity index (χ1n) is 7.10. The number of ether oxygens (including phenoxy) is 1. The van der Waals surface area contributed by atoms with E-state index in [1.165, 1.54) is 9.21 Å². The SMILES string of the molecule is O=C(Nc1ccncc1)N1CC(S(=O)(=O)N2CCOCC2)C1. The number of hydrogen-bond donors (Lipinski definition) is 1. The van der Waals surface area contributed by atoms with Gasteiger partial charge in [-0.1, -0.05) is 0 Å². The highest BCUT2D eigenvalue weighted by atomic mass is 32.2. The highest BCUT2D eigenvalue weighted by Gasteiger charge is 2.43. The van der Waals surface area contributed by atoms with E-state index in [4.69, 9.17) is 4.74 Å². The molecule has 2 amide bonds. The lowest BCUT2D eigenvalue weighted by Crippen LogP contribution is -2.61. The van der Waals surface area contributed by atoms with Gasteiger partial charge in [0.05, 0.1) is 13.2 Å². The van der Waals surface area contributed by atoms with E-state index < -0.39 is 15.3 Å². The number of nitrogens with one attached hydrogen (secondary N) is 1. The van der Waals surface area contributed by atoms with Gasteiger partial charge >= 0.3 is 6.03 Å². The van der Waals surface area contributed by atoms with Gasteiger partial charge in [-0.05, 0) is 12.1 Å². The fourth-order valence-electron chi connectivity index (χ4n) is 2.44. The molecule has 3 rings (SSSR count). The largest absolute Gasteiger partial charge is 0.379 e. The number of amides is 2. The summed E-state index contributed by atoms with van der Waals surface area (Å²) in [4.78, 5) is 17.4. The second-order valence-electron chi connectivity index (χ2n) is 5.25. The van der Waals surface area contributed by atoms with Crippen molar-refractivity contribution in [2.45, 2.75) is 5.25 Å². The second-order valence-corrected chi connectivity index (χ2v) is 7.46. The predicted molar refractivity (Wildman–Crippen MR) is 79.9 cm³/mol. The Balaban J connectivity index is 1.54. The molecule has 0 bridgehead atoms. The fourth-order valence-corrected chi connectivity index (χ4v) is 4.26. The first kappa shape index (κ1) is 15.2. The zero-order chi connectivity index (χ0) is 15.6. The summed E-state index contributed by atoms with van der Waals surface area (Å²) in [6, 6.07) is 3.07. The molecule has 2 fully saturated rings. The van der Waals surface area contributed by atoms with Crippen LogP contribution in [0.5, 0.6) is 0 Å². The van der Waals surface area contributed by atoms with Gasteiger partial charge in [-0.3, -0.25) is 4.98 Å². The van der Waals surface area contributed by atoms with Crippen LogP contribution in [-0.2, 0) is 14.8 Å². The zero-order valence-corrected chi connectivity index (χ0v) is 12.8. The number of likely N-dealkylation sites (tertiary alicyclic amines) is 1. The van der Waals surface area contributed by atoms with E-state index >= 15 is 0 Å². The molecule has 1 N–H and O–H groups in total. The molecule has 9 heteroatoms. The lowest BCUT2D eigenvalue weighted by molar-refractivity contribution is 0.0713. The van der Waals surface area contributed by atoms with Crippen molar-refractivity contribution in [1.29, 1.82) is 0 Å². The van der Waals surface area contributed by atoms with Crippen LogP contribution in [-0.4, -0.2) is 73.3 Å². The molecule has 2 saturated heterocycles. The molecule has 0 spiro atoms. The molecule has 0 radical (unpaired) electrons. The van der Waals surface area contributed by atoms with Crippen LogP contribution in [0, 0.1) is 0 Å². The van der Waals surface area contributed by atoms with Crippen LogP contribution in [0.2, 0.25) is 0 Å². The maximum Gasteiger partial charge on any atom is 0.321 e. The second kappa shape index (κ2) is 6.19. The van der Waals surface area contributed by atoms with Crippen molar-refractivity contribution in [2.24, 2.45) is 0 Å². The highest BCUT2D eigenvalue weighted by molar-refractivity contribution is 7.89. The molecule has 2 aliphatic heterocycles. The molecular formula is C13H18N4O4S. The van der Waals surface area contributed by atoms with E-state index in [0.717, 1.165) is 0 Å². The van der Waals surface area contributed by atoms with Crippen LogP contribution in [0.25, 0.3) is 0 Å². The smallest absolute Gasteiger partial charge is 0.321 e. The van der Waals surface area contributed by atoms with E-state index in [-0.39, 0.29) is 19.1 Å². The maximum absolute atomic E-state index is 12.4. The summed E-state index contributed by atoms with van der Waals surface area (Å²) in [5, 5.41) is 2.19. The number of aromatic nitrogens is 1. The minimum atomic E-state index is -3.34. The van der Waals surface area contributed by atoms with Gasteiger partial charge in [0.25, 0.3) is 0 Å². The van der Waals surface area contributed by atoms with E-state index in [2.05, 4.69) is 10.3 Å². The van der Waals surface area contributed by atoms with Gasteiger partial charge in [0.15, 0.2) is 0 Å². The number of hydrogen-bond acceptors (Lipinski definition) is 5. The van der Waals surface area contributed by atoms with Gasteiger partial charge < -0.3 is 15.0 Å².